The fraction of sp³-hybridized carbons (Fsp3) is 0.818. The number of alkyl halides is 1. The van der Waals surface area contributed by atoms with Gasteiger partial charge in [-0.3, -0.25) is 14.5 Å². The highest BCUT2D eigenvalue weighted by Gasteiger charge is 2.34. The van der Waals surface area contributed by atoms with Crippen molar-refractivity contribution in [2.75, 3.05) is 12.4 Å². The first kappa shape index (κ1) is 12.5. The number of halogens is 1. The summed E-state index contributed by atoms with van der Waals surface area (Å²) in [6.07, 6.45) is 4.43. The lowest BCUT2D eigenvalue weighted by Gasteiger charge is -2.13. The Hall–Kier alpha value is -0.570. The van der Waals surface area contributed by atoms with Crippen molar-refractivity contribution >= 4 is 23.4 Å². The fourth-order valence-corrected chi connectivity index (χ4v) is 1.99. The predicted molar refractivity (Wildman–Crippen MR) is 59.7 cm³/mol. The molecule has 1 rings (SSSR count). The number of carbonyl (C=O) groups is 2. The Kier molecular flexibility index (Phi) is 5.09. The topological polar surface area (TPSA) is 37.4 Å². The van der Waals surface area contributed by atoms with Gasteiger partial charge in [-0.05, 0) is 12.8 Å². The first-order chi connectivity index (χ1) is 7.16. The molecular formula is C11H18ClNO2. The quantitative estimate of drug-likeness (QED) is 0.399. The van der Waals surface area contributed by atoms with Gasteiger partial charge in [-0.1, -0.05) is 19.8 Å². The average molecular weight is 232 g/mol. The monoisotopic (exact) mass is 231 g/mol. The molecule has 86 valence electrons. The van der Waals surface area contributed by atoms with Crippen LogP contribution in [-0.2, 0) is 9.59 Å². The van der Waals surface area contributed by atoms with Crippen LogP contribution in [0, 0.1) is 5.92 Å². The van der Waals surface area contributed by atoms with E-state index < -0.39 is 0 Å². The summed E-state index contributed by atoms with van der Waals surface area (Å²) in [5, 5.41) is 0. The zero-order chi connectivity index (χ0) is 11.3. The van der Waals surface area contributed by atoms with Crippen molar-refractivity contribution in [3.05, 3.63) is 0 Å². The molecule has 0 aromatic heterocycles. The number of nitrogens with zero attached hydrogens (tertiary/aromatic N) is 1. The smallest absolute Gasteiger partial charge is 0.232 e. The number of carbonyl (C=O) groups excluding carboxylic acids is 2. The van der Waals surface area contributed by atoms with E-state index in [1.807, 2.05) is 6.92 Å². The van der Waals surface area contributed by atoms with Crippen LogP contribution in [0.2, 0.25) is 0 Å². The van der Waals surface area contributed by atoms with Gasteiger partial charge in [-0.25, -0.2) is 0 Å². The minimum Gasteiger partial charge on any atom is -0.282 e. The SMILES string of the molecule is CC1CC(=O)N(CCCCCCCl)C1=O. The number of hydrogen-bond donors (Lipinski definition) is 0. The summed E-state index contributed by atoms with van der Waals surface area (Å²) in [6.45, 7) is 2.40. The second-order valence-electron chi connectivity index (χ2n) is 4.09. The van der Waals surface area contributed by atoms with Crippen LogP contribution < -0.4 is 0 Å². The first-order valence-corrected chi connectivity index (χ1v) is 6.10. The Balaban J connectivity index is 2.21. The molecule has 0 aromatic rings. The predicted octanol–water partition coefficient (Wildman–Crippen LogP) is 2.18. The molecule has 1 aliphatic rings. The van der Waals surface area contributed by atoms with Gasteiger partial charge in [0.05, 0.1) is 0 Å². The van der Waals surface area contributed by atoms with E-state index in [1.165, 1.54) is 4.90 Å². The number of rotatable bonds is 6. The lowest BCUT2D eigenvalue weighted by Crippen LogP contribution is -2.31. The van der Waals surface area contributed by atoms with Gasteiger partial charge in [0.25, 0.3) is 0 Å². The maximum Gasteiger partial charge on any atom is 0.232 e. The molecule has 0 bridgehead atoms. The van der Waals surface area contributed by atoms with E-state index >= 15 is 0 Å². The van der Waals surface area contributed by atoms with Gasteiger partial charge in [-0.15, -0.1) is 11.6 Å². The van der Waals surface area contributed by atoms with E-state index in [0.717, 1.165) is 25.7 Å². The van der Waals surface area contributed by atoms with Crippen LogP contribution in [0.4, 0.5) is 0 Å². The third-order valence-electron chi connectivity index (χ3n) is 2.73. The van der Waals surface area contributed by atoms with Crippen LogP contribution in [0.3, 0.4) is 0 Å². The Morgan fingerprint density at radius 2 is 1.93 bits per heavy atom. The molecule has 0 aromatic carbocycles. The average Bonchev–Trinajstić information content (AvgIpc) is 2.44. The van der Waals surface area contributed by atoms with Crippen molar-refractivity contribution in [2.45, 2.75) is 39.0 Å². The third kappa shape index (κ3) is 3.49. The normalized spacial score (nSPS) is 21.5. The van der Waals surface area contributed by atoms with Crippen molar-refractivity contribution in [1.29, 1.82) is 0 Å². The molecule has 1 unspecified atom stereocenters. The van der Waals surface area contributed by atoms with Crippen molar-refractivity contribution in [1.82, 2.24) is 4.90 Å². The summed E-state index contributed by atoms with van der Waals surface area (Å²) in [5.74, 6) is 0.570. The molecule has 3 nitrogen and oxygen atoms in total. The molecule has 15 heavy (non-hydrogen) atoms. The van der Waals surface area contributed by atoms with E-state index in [4.69, 9.17) is 11.6 Å². The number of amides is 2. The van der Waals surface area contributed by atoms with E-state index in [-0.39, 0.29) is 17.7 Å². The van der Waals surface area contributed by atoms with Crippen molar-refractivity contribution in [3.8, 4) is 0 Å². The summed E-state index contributed by atoms with van der Waals surface area (Å²) in [6, 6.07) is 0. The number of hydrogen-bond acceptors (Lipinski definition) is 2. The van der Waals surface area contributed by atoms with Gasteiger partial charge in [0.1, 0.15) is 0 Å². The fourth-order valence-electron chi connectivity index (χ4n) is 1.80. The van der Waals surface area contributed by atoms with Gasteiger partial charge < -0.3 is 0 Å². The summed E-state index contributed by atoms with van der Waals surface area (Å²) < 4.78 is 0. The van der Waals surface area contributed by atoms with Crippen LogP contribution in [0.25, 0.3) is 0 Å². The van der Waals surface area contributed by atoms with E-state index in [1.54, 1.807) is 0 Å². The summed E-state index contributed by atoms with van der Waals surface area (Å²) in [4.78, 5) is 24.3. The largest absolute Gasteiger partial charge is 0.282 e. The summed E-state index contributed by atoms with van der Waals surface area (Å²) in [7, 11) is 0. The second kappa shape index (κ2) is 6.11. The second-order valence-corrected chi connectivity index (χ2v) is 4.47. The Labute approximate surface area is 95.8 Å². The molecule has 0 N–H and O–H groups in total. The van der Waals surface area contributed by atoms with Gasteiger partial charge in [-0.2, -0.15) is 0 Å². The Morgan fingerprint density at radius 3 is 2.47 bits per heavy atom. The summed E-state index contributed by atoms with van der Waals surface area (Å²) in [5.41, 5.74) is 0. The zero-order valence-electron chi connectivity index (χ0n) is 9.17. The van der Waals surface area contributed by atoms with Crippen LogP contribution in [0.15, 0.2) is 0 Å². The molecule has 0 spiro atoms. The van der Waals surface area contributed by atoms with Crippen LogP contribution in [0.1, 0.15) is 39.0 Å². The molecule has 4 heteroatoms. The maximum atomic E-state index is 11.5. The Bertz CT molecular complexity index is 243. The highest BCUT2D eigenvalue weighted by Crippen LogP contribution is 2.19. The highest BCUT2D eigenvalue weighted by molar-refractivity contribution is 6.17. The molecular weight excluding hydrogens is 214 g/mol. The molecule has 0 aliphatic carbocycles. The Morgan fingerprint density at radius 1 is 1.27 bits per heavy atom. The zero-order valence-corrected chi connectivity index (χ0v) is 9.92. The van der Waals surface area contributed by atoms with Gasteiger partial charge >= 0.3 is 0 Å². The van der Waals surface area contributed by atoms with Gasteiger partial charge in [0.15, 0.2) is 0 Å². The molecule has 0 saturated carbocycles. The number of unbranched alkanes of at least 4 members (excludes halogenated alkanes) is 3. The minimum absolute atomic E-state index is 0.00246. The molecule has 1 heterocycles. The van der Waals surface area contributed by atoms with Crippen LogP contribution in [0.5, 0.6) is 0 Å². The number of imide groups is 1. The third-order valence-corrected chi connectivity index (χ3v) is 3.00. The lowest BCUT2D eigenvalue weighted by atomic mass is 10.1. The van der Waals surface area contributed by atoms with E-state index in [2.05, 4.69) is 0 Å². The van der Waals surface area contributed by atoms with Gasteiger partial charge in [0, 0.05) is 24.8 Å². The molecule has 1 fully saturated rings. The van der Waals surface area contributed by atoms with Crippen molar-refractivity contribution < 1.29 is 9.59 Å². The molecule has 1 aliphatic heterocycles. The summed E-state index contributed by atoms with van der Waals surface area (Å²) >= 11 is 5.55. The van der Waals surface area contributed by atoms with Crippen molar-refractivity contribution in [2.24, 2.45) is 5.92 Å². The molecule has 0 radical (unpaired) electrons. The highest BCUT2D eigenvalue weighted by atomic mass is 35.5. The van der Waals surface area contributed by atoms with E-state index in [0.29, 0.717) is 18.8 Å². The van der Waals surface area contributed by atoms with Crippen LogP contribution in [-0.4, -0.2) is 29.1 Å². The van der Waals surface area contributed by atoms with Crippen molar-refractivity contribution in [3.63, 3.8) is 0 Å². The molecule has 1 atom stereocenters. The first-order valence-electron chi connectivity index (χ1n) is 5.57. The maximum absolute atomic E-state index is 11.5. The molecule has 1 saturated heterocycles. The van der Waals surface area contributed by atoms with Crippen LogP contribution >= 0.6 is 11.6 Å². The lowest BCUT2D eigenvalue weighted by molar-refractivity contribution is -0.139. The standard InChI is InChI=1S/C11H18ClNO2/c1-9-8-10(14)13(11(9)15)7-5-3-2-4-6-12/h9H,2-8H2,1H3. The molecule has 2 amide bonds. The van der Waals surface area contributed by atoms with E-state index in [9.17, 15) is 9.59 Å². The minimum atomic E-state index is -0.111. The van der Waals surface area contributed by atoms with Gasteiger partial charge in [0.2, 0.25) is 11.8 Å². The number of likely N-dealkylation sites (tertiary alicyclic amines) is 1.